The van der Waals surface area contributed by atoms with Crippen molar-refractivity contribution in [3.8, 4) is 0 Å². The monoisotopic (exact) mass is 193 g/mol. The third kappa shape index (κ3) is 2.05. The summed E-state index contributed by atoms with van der Waals surface area (Å²) in [5.74, 6) is 0. The smallest absolute Gasteiger partial charge is 0.0996 e. The van der Waals surface area contributed by atoms with Gasteiger partial charge in [0.1, 0.15) is 0 Å². The Balaban J connectivity index is 2.00. The van der Waals surface area contributed by atoms with Crippen molar-refractivity contribution in [1.29, 1.82) is 0 Å². The summed E-state index contributed by atoms with van der Waals surface area (Å²) < 4.78 is 5.15. The summed E-state index contributed by atoms with van der Waals surface area (Å²) in [6, 6.07) is 8.15. The van der Waals surface area contributed by atoms with Gasteiger partial charge in [0.15, 0.2) is 0 Å². The number of aryl methyl sites for hydroxylation is 1. The zero-order chi connectivity index (χ0) is 9.97. The van der Waals surface area contributed by atoms with Gasteiger partial charge in [0, 0.05) is 5.69 Å². The van der Waals surface area contributed by atoms with Gasteiger partial charge in [-0.3, -0.25) is 0 Å². The average Bonchev–Trinajstić information content (AvgIpc) is 2.56. The Hall–Kier alpha value is -1.06. The molecule has 1 fully saturated rings. The minimum Gasteiger partial charge on any atom is -0.388 e. The molecule has 3 heteroatoms. The number of aliphatic hydroxyl groups is 1. The molecule has 0 radical (unpaired) electrons. The Labute approximate surface area is 83.7 Å². The Morgan fingerprint density at radius 1 is 1.29 bits per heavy atom. The van der Waals surface area contributed by atoms with Crippen molar-refractivity contribution in [2.45, 2.75) is 19.1 Å². The van der Waals surface area contributed by atoms with Gasteiger partial charge in [-0.05, 0) is 19.1 Å². The van der Waals surface area contributed by atoms with Crippen LogP contribution in [0.1, 0.15) is 5.56 Å². The molecule has 0 aromatic heterocycles. The fraction of sp³-hybridized carbons (Fsp3) is 0.455. The average molecular weight is 193 g/mol. The number of hydrogen-bond donors (Lipinski definition) is 2. The molecule has 2 atom stereocenters. The lowest BCUT2D eigenvalue weighted by Crippen LogP contribution is -2.31. The first-order chi connectivity index (χ1) is 6.75. The van der Waals surface area contributed by atoms with Crippen LogP contribution < -0.4 is 5.32 Å². The lowest BCUT2D eigenvalue weighted by atomic mass is 10.2. The van der Waals surface area contributed by atoms with Crippen LogP contribution in [0.4, 0.5) is 5.69 Å². The Morgan fingerprint density at radius 2 is 2.00 bits per heavy atom. The van der Waals surface area contributed by atoms with Crippen LogP contribution in [0.15, 0.2) is 24.3 Å². The molecular formula is C11H15NO2. The highest BCUT2D eigenvalue weighted by Crippen LogP contribution is 2.14. The Morgan fingerprint density at radius 3 is 2.57 bits per heavy atom. The number of anilines is 1. The van der Waals surface area contributed by atoms with Crippen molar-refractivity contribution >= 4 is 5.69 Å². The molecule has 1 aromatic carbocycles. The molecule has 14 heavy (non-hydrogen) atoms. The minimum absolute atomic E-state index is 0.0257. The molecule has 1 aliphatic rings. The van der Waals surface area contributed by atoms with E-state index < -0.39 is 6.10 Å². The lowest BCUT2D eigenvalue weighted by molar-refractivity contribution is 0.125. The van der Waals surface area contributed by atoms with E-state index in [2.05, 4.69) is 12.2 Å². The second kappa shape index (κ2) is 3.98. The molecule has 0 spiro atoms. The van der Waals surface area contributed by atoms with Crippen LogP contribution in [-0.2, 0) is 4.74 Å². The quantitative estimate of drug-likeness (QED) is 0.740. The van der Waals surface area contributed by atoms with Crippen molar-refractivity contribution < 1.29 is 9.84 Å². The van der Waals surface area contributed by atoms with Gasteiger partial charge >= 0.3 is 0 Å². The number of benzene rings is 1. The Kier molecular flexibility index (Phi) is 2.70. The number of hydrogen-bond acceptors (Lipinski definition) is 3. The highest BCUT2D eigenvalue weighted by molar-refractivity contribution is 5.45. The van der Waals surface area contributed by atoms with Crippen LogP contribution >= 0.6 is 0 Å². The molecule has 0 saturated carbocycles. The van der Waals surface area contributed by atoms with Gasteiger partial charge < -0.3 is 15.2 Å². The van der Waals surface area contributed by atoms with Crippen LogP contribution in [-0.4, -0.2) is 30.5 Å². The molecule has 2 rings (SSSR count). The molecule has 76 valence electrons. The third-order valence-electron chi connectivity index (χ3n) is 2.45. The van der Waals surface area contributed by atoms with Gasteiger partial charge in [-0.1, -0.05) is 17.7 Å². The van der Waals surface area contributed by atoms with E-state index in [-0.39, 0.29) is 6.04 Å². The van der Waals surface area contributed by atoms with E-state index in [4.69, 9.17) is 4.74 Å². The Bertz CT molecular complexity index is 297. The van der Waals surface area contributed by atoms with Gasteiger partial charge in [-0.2, -0.15) is 0 Å². The predicted molar refractivity (Wildman–Crippen MR) is 55.4 cm³/mol. The van der Waals surface area contributed by atoms with Gasteiger partial charge in [-0.25, -0.2) is 0 Å². The van der Waals surface area contributed by atoms with Crippen molar-refractivity contribution in [3.05, 3.63) is 29.8 Å². The summed E-state index contributed by atoms with van der Waals surface area (Å²) in [6.45, 7) is 3.07. The zero-order valence-electron chi connectivity index (χ0n) is 8.23. The van der Waals surface area contributed by atoms with Gasteiger partial charge in [0.25, 0.3) is 0 Å². The van der Waals surface area contributed by atoms with Crippen molar-refractivity contribution in [2.75, 3.05) is 18.5 Å². The second-order valence-electron chi connectivity index (χ2n) is 3.72. The van der Waals surface area contributed by atoms with Crippen LogP contribution in [0.25, 0.3) is 0 Å². The van der Waals surface area contributed by atoms with E-state index in [0.717, 1.165) is 5.69 Å². The van der Waals surface area contributed by atoms with Gasteiger partial charge in [0.05, 0.1) is 25.4 Å². The molecule has 1 aromatic rings. The van der Waals surface area contributed by atoms with Crippen molar-refractivity contribution in [3.63, 3.8) is 0 Å². The molecule has 1 aliphatic heterocycles. The third-order valence-corrected chi connectivity index (χ3v) is 2.45. The molecule has 0 unspecified atom stereocenters. The minimum atomic E-state index is -0.392. The number of aliphatic hydroxyl groups excluding tert-OH is 1. The number of ether oxygens (including phenoxy) is 1. The highest BCUT2D eigenvalue weighted by Gasteiger charge is 2.25. The molecule has 0 amide bonds. The van der Waals surface area contributed by atoms with Crippen molar-refractivity contribution in [2.24, 2.45) is 0 Å². The largest absolute Gasteiger partial charge is 0.388 e. The summed E-state index contributed by atoms with van der Waals surface area (Å²) in [7, 11) is 0. The molecule has 0 bridgehead atoms. The highest BCUT2D eigenvalue weighted by atomic mass is 16.5. The summed E-state index contributed by atoms with van der Waals surface area (Å²) >= 11 is 0. The molecule has 2 N–H and O–H groups in total. The van der Waals surface area contributed by atoms with E-state index in [1.54, 1.807) is 0 Å². The van der Waals surface area contributed by atoms with Crippen LogP contribution in [0, 0.1) is 6.92 Å². The molecule has 3 nitrogen and oxygen atoms in total. The summed E-state index contributed by atoms with van der Waals surface area (Å²) in [5, 5.41) is 12.8. The van der Waals surface area contributed by atoms with E-state index >= 15 is 0 Å². The van der Waals surface area contributed by atoms with Crippen LogP contribution in [0.2, 0.25) is 0 Å². The van der Waals surface area contributed by atoms with Crippen LogP contribution in [0.5, 0.6) is 0 Å². The zero-order valence-corrected chi connectivity index (χ0v) is 8.23. The van der Waals surface area contributed by atoms with Gasteiger partial charge in [-0.15, -0.1) is 0 Å². The standard InChI is InChI=1S/C11H15NO2/c1-8-2-4-9(5-3-8)12-10-6-14-7-11(10)13/h2-5,10-13H,6-7H2,1H3/t10-,11-/m1/s1. The maximum atomic E-state index is 9.52. The van der Waals surface area contributed by atoms with E-state index in [1.807, 2.05) is 24.3 Å². The topological polar surface area (TPSA) is 41.5 Å². The fourth-order valence-electron chi connectivity index (χ4n) is 1.54. The van der Waals surface area contributed by atoms with Crippen molar-refractivity contribution in [1.82, 2.24) is 0 Å². The SMILES string of the molecule is Cc1ccc(N[C@@H]2COC[C@H]2O)cc1. The maximum absolute atomic E-state index is 9.52. The van der Waals surface area contributed by atoms with E-state index in [0.29, 0.717) is 13.2 Å². The lowest BCUT2D eigenvalue weighted by Gasteiger charge is -2.15. The first kappa shape index (κ1) is 9.49. The normalized spacial score (nSPS) is 26.4. The fourth-order valence-corrected chi connectivity index (χ4v) is 1.54. The molecule has 1 heterocycles. The summed E-state index contributed by atoms with van der Waals surface area (Å²) in [4.78, 5) is 0. The van der Waals surface area contributed by atoms with E-state index in [9.17, 15) is 5.11 Å². The first-order valence-corrected chi connectivity index (χ1v) is 4.85. The molecule has 0 aliphatic carbocycles. The number of rotatable bonds is 2. The number of nitrogens with one attached hydrogen (secondary N) is 1. The van der Waals surface area contributed by atoms with Gasteiger partial charge in [0.2, 0.25) is 0 Å². The van der Waals surface area contributed by atoms with Crippen LogP contribution in [0.3, 0.4) is 0 Å². The summed E-state index contributed by atoms with van der Waals surface area (Å²) in [6.07, 6.45) is -0.392. The predicted octanol–water partition coefficient (Wildman–Crippen LogP) is 1.17. The molecular weight excluding hydrogens is 178 g/mol. The molecule has 1 saturated heterocycles. The van der Waals surface area contributed by atoms with E-state index in [1.165, 1.54) is 5.56 Å². The maximum Gasteiger partial charge on any atom is 0.0996 e. The first-order valence-electron chi connectivity index (χ1n) is 4.85. The second-order valence-corrected chi connectivity index (χ2v) is 3.72. The summed E-state index contributed by atoms with van der Waals surface area (Å²) in [5.41, 5.74) is 2.27.